The van der Waals surface area contributed by atoms with Crippen molar-refractivity contribution in [3.8, 4) is 11.6 Å². The lowest BCUT2D eigenvalue weighted by atomic mass is 10.2. The summed E-state index contributed by atoms with van der Waals surface area (Å²) in [6.45, 7) is 3.01. The number of benzene rings is 2. The minimum absolute atomic E-state index is 0. The van der Waals surface area contributed by atoms with Crippen LogP contribution < -0.4 is 10.3 Å². The van der Waals surface area contributed by atoms with Gasteiger partial charge < -0.3 is 9.84 Å². The third kappa shape index (κ3) is 6.04. The van der Waals surface area contributed by atoms with E-state index in [4.69, 9.17) is 4.74 Å². The molecule has 2 aromatic carbocycles. The van der Waals surface area contributed by atoms with Gasteiger partial charge in [0, 0.05) is 5.75 Å². The predicted octanol–water partition coefficient (Wildman–Crippen LogP) is 4.15. The van der Waals surface area contributed by atoms with Gasteiger partial charge in [0.05, 0.1) is 19.2 Å². The number of aryl methyl sites for hydroxylation is 1. The molecule has 1 heterocycles. The molecule has 5 nitrogen and oxygen atoms in total. The van der Waals surface area contributed by atoms with E-state index in [2.05, 4.69) is 24.0 Å². The molecular weight excluding hydrogens is 396 g/mol. The van der Waals surface area contributed by atoms with Crippen LogP contribution >= 0.6 is 24.2 Å². The average Bonchev–Trinajstić information content (AvgIpc) is 2.69. The maximum atomic E-state index is 12.3. The number of thioether (sulfide) groups is 1. The summed E-state index contributed by atoms with van der Waals surface area (Å²) in [4.78, 5) is 16.4. The molecule has 148 valence electrons. The first-order valence-electron chi connectivity index (χ1n) is 8.85. The molecule has 0 spiro atoms. The molecule has 0 bridgehead atoms. The van der Waals surface area contributed by atoms with Gasteiger partial charge in [-0.2, -0.15) is 4.98 Å². The van der Waals surface area contributed by atoms with Gasteiger partial charge >= 0.3 is 0 Å². The molecule has 0 aliphatic rings. The molecule has 0 saturated heterocycles. The molecular formula is C21H23ClN2O3S. The van der Waals surface area contributed by atoms with Crippen molar-refractivity contribution in [2.45, 2.75) is 25.0 Å². The Hall–Kier alpha value is -2.44. The van der Waals surface area contributed by atoms with E-state index in [0.29, 0.717) is 24.1 Å². The molecule has 0 atom stereocenters. The fraction of sp³-hybridized carbons (Fsp3) is 0.238. The minimum atomic E-state index is -0.273. The number of halogens is 1. The lowest BCUT2D eigenvalue weighted by Gasteiger charge is -2.12. The second kappa shape index (κ2) is 10.8. The van der Waals surface area contributed by atoms with Crippen molar-refractivity contribution in [2.75, 3.05) is 12.4 Å². The van der Waals surface area contributed by atoms with Crippen LogP contribution in [0.5, 0.6) is 11.6 Å². The van der Waals surface area contributed by atoms with Crippen LogP contribution in [0.25, 0.3) is 0 Å². The van der Waals surface area contributed by atoms with E-state index in [1.165, 1.54) is 17.3 Å². The summed E-state index contributed by atoms with van der Waals surface area (Å²) in [7, 11) is 0. The van der Waals surface area contributed by atoms with Gasteiger partial charge in [-0.25, -0.2) is 0 Å². The average molecular weight is 419 g/mol. The van der Waals surface area contributed by atoms with Crippen molar-refractivity contribution in [2.24, 2.45) is 0 Å². The summed E-state index contributed by atoms with van der Waals surface area (Å²) >= 11 is 1.39. The van der Waals surface area contributed by atoms with E-state index in [1.54, 1.807) is 4.57 Å². The molecule has 3 rings (SSSR count). The Labute approximate surface area is 174 Å². The third-order valence-electron chi connectivity index (χ3n) is 4.06. The zero-order valence-electron chi connectivity index (χ0n) is 15.6. The zero-order valence-corrected chi connectivity index (χ0v) is 17.2. The summed E-state index contributed by atoms with van der Waals surface area (Å²) < 4.78 is 7.31. The Morgan fingerprint density at radius 2 is 1.79 bits per heavy atom. The number of aromatic nitrogens is 2. The molecule has 0 unspecified atom stereocenters. The topological polar surface area (TPSA) is 64.3 Å². The van der Waals surface area contributed by atoms with Crippen LogP contribution in [0, 0.1) is 0 Å². The van der Waals surface area contributed by atoms with Gasteiger partial charge in [0.2, 0.25) is 5.88 Å². The first-order valence-corrected chi connectivity index (χ1v) is 9.83. The van der Waals surface area contributed by atoms with Crippen LogP contribution in [0.4, 0.5) is 0 Å². The summed E-state index contributed by atoms with van der Waals surface area (Å²) in [5.74, 6) is 1.17. The summed E-state index contributed by atoms with van der Waals surface area (Å²) in [6.07, 6.45) is 0.998. The largest absolute Gasteiger partial charge is 0.493 e. The second-order valence-electron chi connectivity index (χ2n) is 6.00. The molecule has 0 fully saturated rings. The van der Waals surface area contributed by atoms with E-state index in [0.717, 1.165) is 23.8 Å². The maximum Gasteiger partial charge on any atom is 0.258 e. The molecule has 1 N–H and O–H groups in total. The van der Waals surface area contributed by atoms with Crippen molar-refractivity contribution in [3.05, 3.63) is 82.1 Å². The molecule has 0 aliphatic heterocycles. The first kappa shape index (κ1) is 21.9. The molecule has 28 heavy (non-hydrogen) atoms. The Morgan fingerprint density at radius 1 is 1.07 bits per heavy atom. The molecule has 3 aromatic rings. The van der Waals surface area contributed by atoms with Gasteiger partial charge in [0.25, 0.3) is 5.56 Å². The molecule has 0 aliphatic carbocycles. The van der Waals surface area contributed by atoms with Crippen LogP contribution in [0.3, 0.4) is 0 Å². The van der Waals surface area contributed by atoms with E-state index < -0.39 is 0 Å². The van der Waals surface area contributed by atoms with Gasteiger partial charge in [-0.1, -0.05) is 61.2 Å². The van der Waals surface area contributed by atoms with E-state index in [1.807, 2.05) is 42.5 Å². The Kier molecular flexibility index (Phi) is 8.42. The highest BCUT2D eigenvalue weighted by Gasteiger charge is 2.10. The Bertz CT molecular complexity index is 931. The third-order valence-corrected chi connectivity index (χ3v) is 5.00. The summed E-state index contributed by atoms with van der Waals surface area (Å²) in [5.41, 5.74) is 2.00. The fourth-order valence-corrected chi connectivity index (χ4v) is 3.43. The van der Waals surface area contributed by atoms with Crippen LogP contribution in [0.1, 0.15) is 18.1 Å². The number of hydrogen-bond donors (Lipinski definition) is 1. The number of hydrogen-bond acceptors (Lipinski definition) is 5. The monoisotopic (exact) mass is 418 g/mol. The van der Waals surface area contributed by atoms with E-state index >= 15 is 0 Å². The quantitative estimate of drug-likeness (QED) is 0.338. The van der Waals surface area contributed by atoms with Crippen molar-refractivity contribution in [3.63, 3.8) is 0 Å². The SMILES string of the molecule is CCc1ccc(OCCSc2nc(O)cc(=O)n2Cc2ccccc2)cc1.Cl. The van der Waals surface area contributed by atoms with Gasteiger partial charge in [0.1, 0.15) is 5.75 Å². The molecule has 0 amide bonds. The van der Waals surface area contributed by atoms with Crippen molar-refractivity contribution in [1.82, 2.24) is 9.55 Å². The molecule has 1 aromatic heterocycles. The summed E-state index contributed by atoms with van der Waals surface area (Å²) in [6, 6.07) is 18.9. The zero-order chi connectivity index (χ0) is 19.1. The van der Waals surface area contributed by atoms with Crippen LogP contribution in [-0.4, -0.2) is 27.0 Å². The van der Waals surface area contributed by atoms with Gasteiger partial charge in [-0.05, 0) is 29.7 Å². The van der Waals surface area contributed by atoms with Gasteiger partial charge in [0.15, 0.2) is 5.16 Å². The highest BCUT2D eigenvalue weighted by Crippen LogP contribution is 2.19. The van der Waals surface area contributed by atoms with Gasteiger partial charge in [-0.3, -0.25) is 9.36 Å². The predicted molar refractivity (Wildman–Crippen MR) is 115 cm³/mol. The van der Waals surface area contributed by atoms with Crippen LogP contribution in [0.15, 0.2) is 70.6 Å². The van der Waals surface area contributed by atoms with Crippen LogP contribution in [-0.2, 0) is 13.0 Å². The molecule has 0 saturated carbocycles. The molecule has 7 heteroatoms. The normalized spacial score (nSPS) is 10.3. The highest BCUT2D eigenvalue weighted by atomic mass is 35.5. The van der Waals surface area contributed by atoms with Crippen molar-refractivity contribution >= 4 is 24.2 Å². The fourth-order valence-electron chi connectivity index (χ4n) is 2.61. The lowest BCUT2D eigenvalue weighted by Crippen LogP contribution is -2.22. The number of nitrogens with zero attached hydrogens (tertiary/aromatic N) is 2. The van der Waals surface area contributed by atoms with E-state index in [9.17, 15) is 9.90 Å². The maximum absolute atomic E-state index is 12.3. The van der Waals surface area contributed by atoms with Crippen molar-refractivity contribution in [1.29, 1.82) is 0 Å². The summed E-state index contributed by atoms with van der Waals surface area (Å²) in [5, 5.41) is 10.2. The van der Waals surface area contributed by atoms with E-state index in [-0.39, 0.29) is 23.8 Å². The Balaban J connectivity index is 0.00000280. The Morgan fingerprint density at radius 3 is 2.46 bits per heavy atom. The number of aromatic hydroxyl groups is 1. The molecule has 0 radical (unpaired) electrons. The lowest BCUT2D eigenvalue weighted by molar-refractivity contribution is 0.343. The highest BCUT2D eigenvalue weighted by molar-refractivity contribution is 7.99. The number of ether oxygens (including phenoxy) is 1. The van der Waals surface area contributed by atoms with Crippen LogP contribution in [0.2, 0.25) is 0 Å². The standard InChI is InChI=1S/C21H22N2O3S.ClH/c1-2-16-8-10-18(11-9-16)26-12-13-27-21-22-19(24)14-20(25)23(21)15-17-6-4-3-5-7-17;/h3-11,14,24H,2,12-13,15H2,1H3;1H. The smallest absolute Gasteiger partial charge is 0.258 e. The minimum Gasteiger partial charge on any atom is -0.493 e. The number of rotatable bonds is 8. The second-order valence-corrected chi connectivity index (χ2v) is 7.06. The first-order chi connectivity index (χ1) is 13.2. The van der Waals surface area contributed by atoms with Crippen molar-refractivity contribution < 1.29 is 9.84 Å². The van der Waals surface area contributed by atoms with Gasteiger partial charge in [-0.15, -0.1) is 12.4 Å².